The monoisotopic (exact) mass is 515 g/mol. The van der Waals surface area contributed by atoms with Gasteiger partial charge in [0.25, 0.3) is 11.5 Å². The smallest absolute Gasteiger partial charge is 0.312 e. The van der Waals surface area contributed by atoms with Crippen molar-refractivity contribution in [1.29, 1.82) is 0 Å². The van der Waals surface area contributed by atoms with Gasteiger partial charge in [0.15, 0.2) is 5.69 Å². The minimum absolute atomic E-state index is 0.0161. The number of rotatable bonds is 5. The highest BCUT2D eigenvalue weighted by Gasteiger charge is 2.49. The number of nitrogens with zero attached hydrogens (tertiary/aromatic N) is 4. The lowest BCUT2D eigenvalue weighted by atomic mass is 9.69. The van der Waals surface area contributed by atoms with Crippen molar-refractivity contribution in [1.82, 2.24) is 24.7 Å². The van der Waals surface area contributed by atoms with Gasteiger partial charge in [-0.3, -0.25) is 23.7 Å². The van der Waals surface area contributed by atoms with Gasteiger partial charge in [-0.05, 0) is 37.0 Å². The Hall–Kier alpha value is -3.80. The standard InChI is InChI=1S/C25H30FN5O6/c1-29(2)23(36)24(37)30(3)17-10-25(13-32)9-8-16(17)20-28-18(19(33)22(35)31(20)12-25)21(34)27-11-14-4-6-15(26)7-5-14/h4-7,16-17,32-33H,8-13H2,1-3H3,(H,27,34). The molecule has 11 nitrogen and oxygen atoms in total. The number of likely N-dealkylation sites (N-methyl/N-ethyl adjacent to an activating group) is 2. The molecule has 3 N–H and O–H groups in total. The van der Waals surface area contributed by atoms with Crippen molar-refractivity contribution in [3.8, 4) is 5.75 Å². The highest BCUT2D eigenvalue weighted by molar-refractivity contribution is 6.34. The van der Waals surface area contributed by atoms with Gasteiger partial charge in [0.2, 0.25) is 5.75 Å². The number of halogens is 1. The number of carbonyl (C=O) groups is 3. The molecule has 3 amide bonds. The molecule has 2 bridgehead atoms. The van der Waals surface area contributed by atoms with E-state index in [-0.39, 0.29) is 25.5 Å². The summed E-state index contributed by atoms with van der Waals surface area (Å²) >= 11 is 0. The van der Waals surface area contributed by atoms with E-state index in [1.165, 1.54) is 59.8 Å². The van der Waals surface area contributed by atoms with Gasteiger partial charge in [-0.15, -0.1) is 0 Å². The highest BCUT2D eigenvalue weighted by atomic mass is 19.1. The Morgan fingerprint density at radius 1 is 1.19 bits per heavy atom. The predicted octanol–water partition coefficient (Wildman–Crippen LogP) is 0.193. The van der Waals surface area contributed by atoms with E-state index in [0.29, 0.717) is 24.8 Å². The number of aliphatic hydroxyl groups is 1. The quantitative estimate of drug-likeness (QED) is 0.482. The molecule has 1 fully saturated rings. The van der Waals surface area contributed by atoms with Gasteiger partial charge < -0.3 is 25.3 Å². The lowest BCUT2D eigenvalue weighted by Crippen LogP contribution is -2.51. The third-order valence-electron chi connectivity index (χ3n) is 7.42. The summed E-state index contributed by atoms with van der Waals surface area (Å²) < 4.78 is 14.4. The fourth-order valence-electron chi connectivity index (χ4n) is 5.24. The summed E-state index contributed by atoms with van der Waals surface area (Å²) in [5.74, 6) is -3.78. The molecule has 3 unspecified atom stereocenters. The summed E-state index contributed by atoms with van der Waals surface area (Å²) in [5, 5.41) is 23.5. The van der Waals surface area contributed by atoms with Crippen molar-refractivity contribution < 1.29 is 29.0 Å². The average molecular weight is 516 g/mol. The molecule has 1 aliphatic carbocycles. The van der Waals surface area contributed by atoms with Crippen molar-refractivity contribution in [2.24, 2.45) is 5.41 Å². The van der Waals surface area contributed by atoms with E-state index >= 15 is 0 Å². The zero-order chi connectivity index (χ0) is 27.1. The SMILES string of the molecule is CN(C)C(=O)C(=O)N(C)C1CC2(CO)CCC1c1nc(C(=O)NCc3ccc(F)cc3)c(O)c(=O)n1C2. The largest absolute Gasteiger partial charge is 0.501 e. The van der Waals surface area contributed by atoms with E-state index in [2.05, 4.69) is 10.3 Å². The molecular weight excluding hydrogens is 485 g/mol. The van der Waals surface area contributed by atoms with Gasteiger partial charge in [-0.1, -0.05) is 12.1 Å². The van der Waals surface area contributed by atoms with E-state index in [4.69, 9.17) is 0 Å². The average Bonchev–Trinajstić information content (AvgIpc) is 3.14. The number of carbonyl (C=O) groups excluding carboxylic acids is 3. The number of aliphatic hydroxyl groups excluding tert-OH is 1. The number of hydrogen-bond donors (Lipinski definition) is 3. The Kier molecular flexibility index (Phi) is 7.05. The third kappa shape index (κ3) is 4.80. The molecule has 12 heteroatoms. The number of fused-ring (bicyclic) bond motifs is 2. The zero-order valence-corrected chi connectivity index (χ0v) is 20.9. The van der Waals surface area contributed by atoms with Gasteiger partial charge in [0.05, 0.1) is 6.61 Å². The van der Waals surface area contributed by atoms with Crippen molar-refractivity contribution >= 4 is 17.7 Å². The van der Waals surface area contributed by atoms with Crippen LogP contribution in [0.5, 0.6) is 5.75 Å². The normalized spacial score (nSPS) is 22.1. The summed E-state index contributed by atoms with van der Waals surface area (Å²) in [5.41, 5.74) is -1.44. The van der Waals surface area contributed by atoms with Gasteiger partial charge in [-0.25, -0.2) is 9.37 Å². The topological polar surface area (TPSA) is 145 Å². The molecule has 1 aromatic carbocycles. The van der Waals surface area contributed by atoms with Crippen LogP contribution in [0.25, 0.3) is 0 Å². The molecule has 198 valence electrons. The van der Waals surface area contributed by atoms with Crippen LogP contribution < -0.4 is 10.9 Å². The van der Waals surface area contributed by atoms with E-state index in [1.54, 1.807) is 0 Å². The van der Waals surface area contributed by atoms with Crippen LogP contribution >= 0.6 is 0 Å². The fourth-order valence-corrected chi connectivity index (χ4v) is 5.24. The second kappa shape index (κ2) is 9.92. The molecule has 1 aromatic heterocycles. The molecule has 0 saturated heterocycles. The first-order chi connectivity index (χ1) is 17.5. The van der Waals surface area contributed by atoms with Gasteiger partial charge in [0.1, 0.15) is 11.6 Å². The number of nitrogens with one attached hydrogen (secondary N) is 1. The van der Waals surface area contributed by atoms with E-state index < -0.39 is 57.9 Å². The number of benzene rings is 1. The molecule has 5 rings (SSSR count). The number of amides is 3. The van der Waals surface area contributed by atoms with Crippen molar-refractivity contribution in [2.45, 2.75) is 44.3 Å². The van der Waals surface area contributed by atoms with Crippen LogP contribution in [0.3, 0.4) is 0 Å². The summed E-state index contributed by atoms with van der Waals surface area (Å²) in [7, 11) is 4.44. The molecule has 3 heterocycles. The highest BCUT2D eigenvalue weighted by Crippen LogP contribution is 2.48. The number of aromatic hydroxyl groups is 1. The molecule has 3 aliphatic rings. The lowest BCUT2D eigenvalue weighted by Gasteiger charge is -2.43. The van der Waals surface area contributed by atoms with Crippen LogP contribution in [0.2, 0.25) is 0 Å². The Morgan fingerprint density at radius 2 is 1.86 bits per heavy atom. The summed E-state index contributed by atoms with van der Waals surface area (Å²) in [6.07, 6.45) is 1.30. The molecule has 1 saturated carbocycles. The minimum atomic E-state index is -0.821. The first kappa shape index (κ1) is 26.3. The van der Waals surface area contributed by atoms with Crippen molar-refractivity contribution in [3.63, 3.8) is 0 Å². The van der Waals surface area contributed by atoms with Gasteiger partial charge >= 0.3 is 11.8 Å². The maximum atomic E-state index is 13.2. The predicted molar refractivity (Wildman–Crippen MR) is 129 cm³/mol. The lowest BCUT2D eigenvalue weighted by molar-refractivity contribution is -0.152. The van der Waals surface area contributed by atoms with Crippen LogP contribution in [0.4, 0.5) is 4.39 Å². The molecule has 3 atom stereocenters. The van der Waals surface area contributed by atoms with Gasteiger partial charge in [0, 0.05) is 51.6 Å². The van der Waals surface area contributed by atoms with Crippen molar-refractivity contribution in [3.05, 3.63) is 57.5 Å². The number of aromatic nitrogens is 2. The first-order valence-electron chi connectivity index (χ1n) is 11.9. The fraction of sp³-hybridized carbons (Fsp3) is 0.480. The van der Waals surface area contributed by atoms with Crippen LogP contribution in [0.1, 0.15) is 47.1 Å². The van der Waals surface area contributed by atoms with Gasteiger partial charge in [-0.2, -0.15) is 0 Å². The van der Waals surface area contributed by atoms with E-state index in [1.807, 2.05) is 0 Å². The molecular formula is C25H30FN5O6. The second-order valence-electron chi connectivity index (χ2n) is 10.1. The Morgan fingerprint density at radius 3 is 2.49 bits per heavy atom. The van der Waals surface area contributed by atoms with Crippen LogP contribution in [-0.4, -0.2) is 81.1 Å². The third-order valence-corrected chi connectivity index (χ3v) is 7.42. The Bertz CT molecular complexity index is 1290. The molecule has 2 aliphatic heterocycles. The maximum Gasteiger partial charge on any atom is 0.312 e. The Balaban J connectivity index is 1.71. The van der Waals surface area contributed by atoms with Crippen LogP contribution in [0.15, 0.2) is 29.1 Å². The van der Waals surface area contributed by atoms with Crippen molar-refractivity contribution in [2.75, 3.05) is 27.7 Å². The zero-order valence-electron chi connectivity index (χ0n) is 20.9. The molecule has 0 radical (unpaired) electrons. The minimum Gasteiger partial charge on any atom is -0.501 e. The van der Waals surface area contributed by atoms with E-state index in [9.17, 15) is 33.8 Å². The van der Waals surface area contributed by atoms with Crippen LogP contribution in [0, 0.1) is 11.2 Å². The summed E-state index contributed by atoms with van der Waals surface area (Å²) in [6, 6.07) is 4.91. The van der Waals surface area contributed by atoms with Crippen LogP contribution in [-0.2, 0) is 22.7 Å². The number of hydrogen-bond acceptors (Lipinski definition) is 7. The van der Waals surface area contributed by atoms with E-state index in [0.717, 1.165) is 0 Å². The molecule has 0 spiro atoms. The summed E-state index contributed by atoms with van der Waals surface area (Å²) in [6.45, 7) is -0.207. The summed E-state index contributed by atoms with van der Waals surface area (Å²) in [4.78, 5) is 58.3. The first-order valence-corrected chi connectivity index (χ1v) is 11.9. The maximum absolute atomic E-state index is 13.2. The molecule has 2 aromatic rings. The second-order valence-corrected chi connectivity index (χ2v) is 10.1. The molecule has 37 heavy (non-hydrogen) atoms. The Labute approximate surface area is 212 Å².